The number of morpholine rings is 1. The Labute approximate surface area is 101 Å². The second-order valence-electron chi connectivity index (χ2n) is 3.54. The molecule has 2 heterocycles. The average Bonchev–Trinajstić information content (AvgIpc) is 2.33. The van der Waals surface area contributed by atoms with Crippen LogP contribution in [-0.4, -0.2) is 42.3 Å². The van der Waals surface area contributed by atoms with Crippen LogP contribution in [0.25, 0.3) is 0 Å². The van der Waals surface area contributed by atoms with Crippen LogP contribution in [0.2, 0.25) is 0 Å². The predicted molar refractivity (Wildman–Crippen MR) is 63.6 cm³/mol. The number of hydrogen-bond donors (Lipinski definition) is 2. The van der Waals surface area contributed by atoms with E-state index in [-0.39, 0.29) is 11.7 Å². The molecule has 1 unspecified atom stereocenters. The highest BCUT2D eigenvalue weighted by Gasteiger charge is 2.22. The third kappa shape index (κ3) is 2.26. The molecule has 1 aromatic rings. The number of anilines is 1. The molecule has 16 heavy (non-hydrogen) atoms. The van der Waals surface area contributed by atoms with E-state index in [1.54, 1.807) is 0 Å². The molecular weight excluding hydrogens is 276 g/mol. The quantitative estimate of drug-likeness (QED) is 0.780. The Morgan fingerprint density at radius 2 is 2.56 bits per heavy atom. The highest BCUT2D eigenvalue weighted by molar-refractivity contribution is 9.10. The Kier molecular flexibility index (Phi) is 3.57. The predicted octanol–water partition coefficient (Wildman–Crippen LogP) is -0.304. The van der Waals surface area contributed by atoms with Gasteiger partial charge < -0.3 is 20.4 Å². The van der Waals surface area contributed by atoms with Crippen molar-refractivity contribution in [2.24, 2.45) is 5.73 Å². The molecule has 7 heteroatoms. The number of hydrogen-bond acceptors (Lipinski definition) is 5. The molecule has 1 aliphatic heterocycles. The zero-order chi connectivity index (χ0) is 11.5. The molecule has 88 valence electrons. The van der Waals surface area contributed by atoms with Crippen LogP contribution in [0.1, 0.15) is 0 Å². The molecule has 1 aromatic heterocycles. The summed E-state index contributed by atoms with van der Waals surface area (Å²) in [7, 11) is 0. The molecule has 0 amide bonds. The molecule has 1 saturated heterocycles. The summed E-state index contributed by atoms with van der Waals surface area (Å²) in [5, 5.41) is 0. The van der Waals surface area contributed by atoms with Crippen molar-refractivity contribution in [3.63, 3.8) is 0 Å². The first-order valence-corrected chi connectivity index (χ1v) is 5.81. The Morgan fingerprint density at radius 1 is 1.75 bits per heavy atom. The van der Waals surface area contributed by atoms with Gasteiger partial charge in [-0.05, 0) is 15.9 Å². The number of nitrogens with two attached hydrogens (primary N) is 1. The number of nitrogens with one attached hydrogen (secondary N) is 1. The van der Waals surface area contributed by atoms with Crippen molar-refractivity contribution in [1.82, 2.24) is 9.97 Å². The first kappa shape index (κ1) is 11.6. The van der Waals surface area contributed by atoms with Gasteiger partial charge in [0.05, 0.1) is 19.0 Å². The number of rotatable bonds is 2. The molecule has 3 N–H and O–H groups in total. The minimum absolute atomic E-state index is 0.00161. The average molecular weight is 289 g/mol. The molecule has 2 rings (SSSR count). The third-order valence-electron chi connectivity index (χ3n) is 2.48. The monoisotopic (exact) mass is 288 g/mol. The van der Waals surface area contributed by atoms with Crippen LogP contribution in [0.5, 0.6) is 0 Å². The number of aromatic amines is 1. The third-order valence-corrected chi connectivity index (χ3v) is 3.19. The van der Waals surface area contributed by atoms with Crippen LogP contribution >= 0.6 is 15.9 Å². The number of ether oxygens (including phenoxy) is 1. The highest BCUT2D eigenvalue weighted by Crippen LogP contribution is 2.20. The summed E-state index contributed by atoms with van der Waals surface area (Å²) in [6.07, 6.45) is 1.40. The van der Waals surface area contributed by atoms with Crippen molar-refractivity contribution in [3.05, 3.63) is 21.2 Å². The molecule has 0 aromatic carbocycles. The Morgan fingerprint density at radius 3 is 3.31 bits per heavy atom. The lowest BCUT2D eigenvalue weighted by molar-refractivity contribution is 0.0462. The van der Waals surface area contributed by atoms with Crippen LogP contribution in [0.4, 0.5) is 5.82 Å². The molecule has 0 saturated carbocycles. The van der Waals surface area contributed by atoms with Crippen molar-refractivity contribution >= 4 is 21.7 Å². The van der Waals surface area contributed by atoms with Gasteiger partial charge in [0.1, 0.15) is 10.3 Å². The summed E-state index contributed by atoms with van der Waals surface area (Å²) in [6, 6.07) is 0. The SMILES string of the molecule is NCC1CN(c2nc[nH]c(=O)c2Br)CCO1. The van der Waals surface area contributed by atoms with Gasteiger partial charge in [-0.1, -0.05) is 0 Å². The normalized spacial score (nSPS) is 21.1. The number of aromatic nitrogens is 2. The van der Waals surface area contributed by atoms with Gasteiger partial charge in [0.15, 0.2) is 0 Å². The van der Waals surface area contributed by atoms with Crippen molar-refractivity contribution in [1.29, 1.82) is 0 Å². The van der Waals surface area contributed by atoms with E-state index in [1.165, 1.54) is 6.33 Å². The molecule has 1 aliphatic rings. The molecule has 1 fully saturated rings. The van der Waals surface area contributed by atoms with Crippen molar-refractivity contribution in [3.8, 4) is 0 Å². The topological polar surface area (TPSA) is 84.2 Å². The lowest BCUT2D eigenvalue weighted by atomic mass is 10.2. The molecule has 0 spiro atoms. The largest absolute Gasteiger partial charge is 0.373 e. The maximum absolute atomic E-state index is 11.4. The zero-order valence-electron chi connectivity index (χ0n) is 8.65. The Bertz CT molecular complexity index is 422. The summed E-state index contributed by atoms with van der Waals surface area (Å²) < 4.78 is 5.90. The molecule has 6 nitrogen and oxygen atoms in total. The lowest BCUT2D eigenvalue weighted by Crippen LogP contribution is -2.46. The van der Waals surface area contributed by atoms with Crippen LogP contribution in [-0.2, 0) is 4.74 Å². The highest BCUT2D eigenvalue weighted by atomic mass is 79.9. The van der Waals surface area contributed by atoms with Crippen molar-refractivity contribution < 1.29 is 4.74 Å². The number of H-pyrrole nitrogens is 1. The van der Waals surface area contributed by atoms with Gasteiger partial charge in [0, 0.05) is 19.6 Å². The smallest absolute Gasteiger partial charge is 0.267 e. The first-order valence-electron chi connectivity index (χ1n) is 5.02. The van der Waals surface area contributed by atoms with Gasteiger partial charge in [-0.25, -0.2) is 4.98 Å². The fourth-order valence-corrected chi connectivity index (χ4v) is 2.12. The van der Waals surface area contributed by atoms with E-state index in [0.29, 0.717) is 36.5 Å². The van der Waals surface area contributed by atoms with Crippen LogP contribution in [0, 0.1) is 0 Å². The number of halogens is 1. The van der Waals surface area contributed by atoms with Crippen LogP contribution in [0.15, 0.2) is 15.6 Å². The van der Waals surface area contributed by atoms with Crippen LogP contribution < -0.4 is 16.2 Å². The second kappa shape index (κ2) is 4.94. The van der Waals surface area contributed by atoms with E-state index in [9.17, 15) is 4.79 Å². The first-order chi connectivity index (χ1) is 7.72. The Balaban J connectivity index is 2.23. The second-order valence-corrected chi connectivity index (χ2v) is 4.34. The number of nitrogens with zero attached hydrogens (tertiary/aromatic N) is 2. The zero-order valence-corrected chi connectivity index (χ0v) is 10.2. The minimum Gasteiger partial charge on any atom is -0.373 e. The summed E-state index contributed by atoms with van der Waals surface area (Å²) in [5.41, 5.74) is 5.38. The molecule has 0 bridgehead atoms. The van der Waals surface area contributed by atoms with E-state index >= 15 is 0 Å². The summed E-state index contributed by atoms with van der Waals surface area (Å²) in [6.45, 7) is 2.44. The maximum atomic E-state index is 11.4. The van der Waals surface area contributed by atoms with E-state index in [0.717, 1.165) is 0 Å². The van der Waals surface area contributed by atoms with Crippen LogP contribution in [0.3, 0.4) is 0 Å². The fraction of sp³-hybridized carbons (Fsp3) is 0.556. The van der Waals surface area contributed by atoms with Gasteiger partial charge in [-0.3, -0.25) is 4.79 Å². The summed E-state index contributed by atoms with van der Waals surface area (Å²) >= 11 is 3.24. The minimum atomic E-state index is -0.180. The van der Waals surface area contributed by atoms with Gasteiger partial charge in [0.2, 0.25) is 0 Å². The van der Waals surface area contributed by atoms with Gasteiger partial charge in [-0.15, -0.1) is 0 Å². The molecule has 0 radical (unpaired) electrons. The molecule has 0 aliphatic carbocycles. The Hall–Kier alpha value is -0.920. The molecule has 1 atom stereocenters. The van der Waals surface area contributed by atoms with E-state index in [4.69, 9.17) is 10.5 Å². The summed E-state index contributed by atoms with van der Waals surface area (Å²) in [4.78, 5) is 20.1. The maximum Gasteiger partial charge on any atom is 0.267 e. The van der Waals surface area contributed by atoms with Gasteiger partial charge in [-0.2, -0.15) is 0 Å². The fourth-order valence-electron chi connectivity index (χ4n) is 1.65. The lowest BCUT2D eigenvalue weighted by Gasteiger charge is -2.33. The molecular formula is C9H13BrN4O2. The van der Waals surface area contributed by atoms with Gasteiger partial charge in [0.25, 0.3) is 5.56 Å². The van der Waals surface area contributed by atoms with E-state index in [1.807, 2.05) is 4.90 Å². The van der Waals surface area contributed by atoms with Crippen molar-refractivity contribution in [2.45, 2.75) is 6.10 Å². The van der Waals surface area contributed by atoms with E-state index < -0.39 is 0 Å². The van der Waals surface area contributed by atoms with Crippen molar-refractivity contribution in [2.75, 3.05) is 31.1 Å². The standard InChI is InChI=1S/C9H13BrN4O2/c10-7-8(12-5-13-9(7)15)14-1-2-16-6(3-11)4-14/h5-6H,1-4,11H2,(H,12,13,15). The van der Waals surface area contributed by atoms with E-state index in [2.05, 4.69) is 25.9 Å². The summed E-state index contributed by atoms with van der Waals surface area (Å²) in [5.74, 6) is 0.644. The van der Waals surface area contributed by atoms with Gasteiger partial charge >= 0.3 is 0 Å².